The van der Waals surface area contributed by atoms with Gasteiger partial charge in [-0.2, -0.15) is 15.2 Å². The molecule has 0 saturated carbocycles. The first-order valence-corrected chi connectivity index (χ1v) is 14.5. The zero-order chi connectivity index (χ0) is 28.3. The largest absolute Gasteiger partial charge is 0.462 e. The van der Waals surface area contributed by atoms with Gasteiger partial charge in [0.25, 0.3) is 0 Å². The molecule has 9 nitrogen and oxygen atoms in total. The van der Waals surface area contributed by atoms with Crippen LogP contribution in [-0.4, -0.2) is 82.5 Å². The number of hydrogen-bond acceptors (Lipinski definition) is 8. The fraction of sp³-hybridized carbons (Fsp3) is 0.438. The van der Waals surface area contributed by atoms with Crippen LogP contribution >= 0.6 is 0 Å². The molecule has 4 heterocycles. The maximum Gasteiger partial charge on any atom is 0.318 e. The van der Waals surface area contributed by atoms with E-state index in [9.17, 15) is 10.1 Å². The summed E-state index contributed by atoms with van der Waals surface area (Å²) >= 11 is 0. The van der Waals surface area contributed by atoms with Gasteiger partial charge in [0.05, 0.1) is 24.2 Å². The number of piperazine rings is 1. The number of nitriles is 1. The number of rotatable bonds is 8. The van der Waals surface area contributed by atoms with Crippen LogP contribution in [0.2, 0.25) is 0 Å². The first-order chi connectivity index (χ1) is 20.0. The van der Waals surface area contributed by atoms with Crippen molar-refractivity contribution >= 4 is 22.5 Å². The predicted molar refractivity (Wildman–Crippen MR) is 158 cm³/mol. The summed E-state index contributed by atoms with van der Waals surface area (Å²) < 4.78 is 6.23. The molecule has 0 spiro atoms. The summed E-state index contributed by atoms with van der Waals surface area (Å²) in [6.45, 7) is 9.23. The Labute approximate surface area is 241 Å². The summed E-state index contributed by atoms with van der Waals surface area (Å²) in [6.07, 6.45) is 3.88. The number of fused-ring (bicyclic) bond motifs is 2. The first-order valence-electron chi connectivity index (χ1n) is 14.5. The van der Waals surface area contributed by atoms with Crippen LogP contribution < -0.4 is 9.64 Å². The molecule has 2 aromatic carbocycles. The minimum Gasteiger partial charge on any atom is -0.462 e. The van der Waals surface area contributed by atoms with Crippen molar-refractivity contribution in [3.8, 4) is 12.1 Å². The Bertz CT molecular complexity index is 1480. The summed E-state index contributed by atoms with van der Waals surface area (Å²) in [7, 11) is 2.14. The van der Waals surface area contributed by atoms with E-state index in [4.69, 9.17) is 14.7 Å². The van der Waals surface area contributed by atoms with Crippen molar-refractivity contribution in [3.05, 3.63) is 71.9 Å². The third kappa shape index (κ3) is 5.76. The van der Waals surface area contributed by atoms with Crippen LogP contribution in [0.3, 0.4) is 0 Å². The Balaban J connectivity index is 1.26. The lowest BCUT2D eigenvalue weighted by molar-refractivity contribution is -0.128. The SMILES string of the molecule is C=CC(=O)N1CCN(c2nc(OC[C@@H]3CCCN3C)nc3c2CN(Cc2ccc4ccccc4c2)C3)C[C@@H]1CC#N. The Morgan fingerprint density at radius 2 is 1.98 bits per heavy atom. The number of carbonyl (C=O) groups excluding carboxylic acids is 1. The molecule has 0 unspecified atom stereocenters. The van der Waals surface area contributed by atoms with Gasteiger partial charge in [-0.3, -0.25) is 9.69 Å². The van der Waals surface area contributed by atoms with Crippen LogP contribution in [-0.2, 0) is 24.4 Å². The molecule has 9 heteroatoms. The van der Waals surface area contributed by atoms with Crippen LogP contribution in [0.25, 0.3) is 10.8 Å². The summed E-state index contributed by atoms with van der Waals surface area (Å²) in [5.41, 5.74) is 3.36. The highest BCUT2D eigenvalue weighted by molar-refractivity contribution is 5.87. The van der Waals surface area contributed by atoms with Gasteiger partial charge in [0, 0.05) is 50.9 Å². The lowest BCUT2D eigenvalue weighted by atomic mass is 10.1. The highest BCUT2D eigenvalue weighted by Gasteiger charge is 2.34. The Kier molecular flexibility index (Phi) is 7.86. The normalized spacial score (nSPS) is 21.2. The van der Waals surface area contributed by atoms with E-state index in [0.29, 0.717) is 44.8 Å². The maximum absolute atomic E-state index is 12.5. The summed E-state index contributed by atoms with van der Waals surface area (Å²) in [4.78, 5) is 31.1. The van der Waals surface area contributed by atoms with Gasteiger partial charge in [0.1, 0.15) is 12.4 Å². The van der Waals surface area contributed by atoms with Gasteiger partial charge in [-0.15, -0.1) is 0 Å². The number of likely N-dealkylation sites (N-methyl/N-ethyl adjacent to an activating group) is 1. The molecule has 0 bridgehead atoms. The Morgan fingerprint density at radius 1 is 1.12 bits per heavy atom. The number of likely N-dealkylation sites (tertiary alicyclic amines) is 1. The molecule has 2 fully saturated rings. The van der Waals surface area contributed by atoms with E-state index in [1.165, 1.54) is 28.8 Å². The lowest BCUT2D eigenvalue weighted by Crippen LogP contribution is -2.55. The minimum atomic E-state index is -0.225. The van der Waals surface area contributed by atoms with Gasteiger partial charge in [-0.1, -0.05) is 43.0 Å². The molecule has 41 heavy (non-hydrogen) atoms. The number of benzene rings is 2. The molecule has 3 aliphatic rings. The number of ether oxygens (including phenoxy) is 1. The number of carbonyl (C=O) groups is 1. The zero-order valence-electron chi connectivity index (χ0n) is 23.7. The van der Waals surface area contributed by atoms with Gasteiger partial charge in [-0.05, 0) is 54.9 Å². The standard InChI is InChI=1S/C32H37N7O2/c1-3-30(40)39-16-15-38(19-26(39)12-13-33)31-28-20-37(18-23-10-11-24-7-4-5-8-25(24)17-23)21-29(28)34-32(35-31)41-22-27-9-6-14-36(27)2/h3-5,7-8,10-11,17,26-27H,1,6,9,12,14-16,18-22H2,2H3/t26-,27-/m0/s1. The monoisotopic (exact) mass is 551 g/mol. The van der Waals surface area contributed by atoms with E-state index in [1.54, 1.807) is 4.90 Å². The van der Waals surface area contributed by atoms with Crippen molar-refractivity contribution < 1.29 is 9.53 Å². The van der Waals surface area contributed by atoms with Gasteiger partial charge in [0.15, 0.2) is 0 Å². The first kappa shape index (κ1) is 27.2. The van der Waals surface area contributed by atoms with Gasteiger partial charge in [0.2, 0.25) is 5.91 Å². The maximum atomic E-state index is 12.5. The van der Waals surface area contributed by atoms with Crippen LogP contribution in [0.1, 0.15) is 36.1 Å². The summed E-state index contributed by atoms with van der Waals surface area (Å²) in [5, 5.41) is 12.0. The fourth-order valence-electron chi connectivity index (χ4n) is 6.41. The van der Waals surface area contributed by atoms with Crippen LogP contribution in [0.4, 0.5) is 5.82 Å². The lowest BCUT2D eigenvalue weighted by Gasteiger charge is -2.41. The number of aromatic nitrogens is 2. The highest BCUT2D eigenvalue weighted by Crippen LogP contribution is 2.34. The van der Waals surface area contributed by atoms with Crippen molar-refractivity contribution in [2.45, 2.75) is 51.0 Å². The molecular formula is C32H37N7O2. The predicted octanol–water partition coefficient (Wildman–Crippen LogP) is 3.74. The van der Waals surface area contributed by atoms with Crippen LogP contribution in [0.15, 0.2) is 55.1 Å². The van der Waals surface area contributed by atoms with E-state index in [0.717, 1.165) is 43.1 Å². The number of amides is 1. The molecule has 1 amide bonds. The third-order valence-electron chi connectivity index (χ3n) is 8.67. The van der Waals surface area contributed by atoms with Crippen molar-refractivity contribution in [1.82, 2.24) is 24.7 Å². The third-order valence-corrected chi connectivity index (χ3v) is 8.67. The quantitative estimate of drug-likeness (QED) is 0.392. The van der Waals surface area contributed by atoms with Crippen LogP contribution in [0, 0.1) is 11.3 Å². The molecule has 3 aromatic rings. The van der Waals surface area contributed by atoms with E-state index in [2.05, 4.69) is 76.9 Å². The van der Waals surface area contributed by atoms with Crippen molar-refractivity contribution in [1.29, 1.82) is 5.26 Å². The average Bonchev–Trinajstić information content (AvgIpc) is 3.60. The molecule has 1 aromatic heterocycles. The molecule has 6 rings (SSSR count). The fourth-order valence-corrected chi connectivity index (χ4v) is 6.41. The topological polar surface area (TPSA) is 88.8 Å². The van der Waals surface area contributed by atoms with Gasteiger partial charge >= 0.3 is 6.01 Å². The van der Waals surface area contributed by atoms with E-state index >= 15 is 0 Å². The van der Waals surface area contributed by atoms with Crippen molar-refractivity contribution in [2.75, 3.05) is 44.7 Å². The molecule has 0 aliphatic carbocycles. The average molecular weight is 552 g/mol. The summed E-state index contributed by atoms with van der Waals surface area (Å²) in [5.74, 6) is 0.725. The van der Waals surface area contributed by atoms with E-state index in [1.807, 2.05) is 0 Å². The second kappa shape index (κ2) is 11.9. The van der Waals surface area contributed by atoms with Gasteiger partial charge < -0.3 is 19.4 Å². The molecule has 0 N–H and O–H groups in total. The smallest absolute Gasteiger partial charge is 0.318 e. The van der Waals surface area contributed by atoms with E-state index < -0.39 is 0 Å². The molecule has 2 atom stereocenters. The second-order valence-electron chi connectivity index (χ2n) is 11.4. The van der Waals surface area contributed by atoms with Gasteiger partial charge in [-0.25, -0.2) is 0 Å². The minimum absolute atomic E-state index is 0.135. The zero-order valence-corrected chi connectivity index (χ0v) is 23.7. The molecular weight excluding hydrogens is 514 g/mol. The number of nitrogens with zero attached hydrogens (tertiary/aromatic N) is 7. The second-order valence-corrected chi connectivity index (χ2v) is 11.4. The Hall–Kier alpha value is -4.00. The van der Waals surface area contributed by atoms with E-state index in [-0.39, 0.29) is 18.4 Å². The van der Waals surface area contributed by atoms with Crippen molar-refractivity contribution in [3.63, 3.8) is 0 Å². The molecule has 0 radical (unpaired) electrons. The molecule has 212 valence electrons. The van der Waals surface area contributed by atoms with Crippen molar-refractivity contribution in [2.24, 2.45) is 0 Å². The Morgan fingerprint density at radius 3 is 2.76 bits per heavy atom. The highest BCUT2D eigenvalue weighted by atomic mass is 16.5. The molecule has 3 aliphatic heterocycles. The molecule has 2 saturated heterocycles. The number of anilines is 1. The summed E-state index contributed by atoms with van der Waals surface area (Å²) in [6, 6.07) is 17.9. The number of hydrogen-bond donors (Lipinski definition) is 0. The van der Waals surface area contributed by atoms with Crippen LogP contribution in [0.5, 0.6) is 6.01 Å².